The largest absolute Gasteiger partial charge is 0.246 e. The van der Waals surface area contributed by atoms with Crippen LogP contribution < -0.4 is 0 Å². The second-order valence-corrected chi connectivity index (χ2v) is 43.9. The molecular formula is C76H115N3O2S9. The zero-order chi connectivity index (χ0) is 67.9. The van der Waals surface area contributed by atoms with Gasteiger partial charge in [-0.1, -0.05) is 199 Å². The van der Waals surface area contributed by atoms with Gasteiger partial charge in [0.05, 0.1) is 20.2 Å². The van der Waals surface area contributed by atoms with Crippen LogP contribution in [0, 0.1) is 23.2 Å². The highest BCUT2D eigenvalue weighted by Crippen LogP contribution is 2.47. The quantitative estimate of drug-likeness (QED) is 0.156. The monoisotopic (exact) mass is 1390 g/mol. The standard InChI is InChI=1S/C14H21NS.C13H21NO2S2.C13H19NS2.2C12H16S2.C12H22/c1-13(2,3)10-7-9-8-11(14(4,5)6)16-12(9)15-10;1-12(2,3)11-7-10-9(17-11)8-14(13(4,5)6)18(10,15)16;1-12(2,3)9-7-8-10(16-9)14-11(15-8)13(4,5)6;1-7(2)9-5-11-12(13-9)6-10(14-11)8(3)4;1-7(2)10-5-9-6-11(8(3)4)14-12(9)13-10;1-9(2)11-5-7-12(8-6-11)10(3)4/h8H,7H2,1-6H3;7H,8H2,1-6H3;7H,1-6H3;2*5-8H,1-4H3;5,9-10,12H,6-8H2,1-4H3. The molecule has 8 aromatic rings. The number of nitrogens with zero attached hydrogens (tertiary/aromatic N) is 3. The smallest absolute Gasteiger partial charge is 0.245 e. The van der Waals surface area contributed by atoms with Crippen LogP contribution in [-0.2, 0) is 44.6 Å². The fourth-order valence-electron chi connectivity index (χ4n) is 10.1. The topological polar surface area (TPSA) is 62.6 Å². The van der Waals surface area contributed by atoms with Gasteiger partial charge in [0.25, 0.3) is 0 Å². The molecule has 2 aliphatic heterocycles. The molecule has 90 heavy (non-hydrogen) atoms. The SMILES string of the molecule is CC(C)(C)C1=Nc2sc(C(C)(C)C)cc2C1.CC(C)(C)c1cc2c(s1)CN(C(C)(C)C)S2(=O)=O.CC(C)(C)c1cc2sc(C(C)(C)C)nc2s1.CC(C)C1=CCC(C(C)C)CC1.CC(C)c1cc2cc(C(C)C)sc2s1.CC(C)c1cc2sc(C(C)C)cc2s1. The first-order valence-electron chi connectivity index (χ1n) is 33.1. The zero-order valence-electron chi connectivity index (χ0n) is 61.0. The van der Waals surface area contributed by atoms with Crippen molar-refractivity contribution in [3.8, 4) is 0 Å². The summed E-state index contributed by atoms with van der Waals surface area (Å²) in [6, 6.07) is 16.0. The van der Waals surface area contributed by atoms with Gasteiger partial charge in [-0.2, -0.15) is 4.31 Å². The fourth-order valence-corrected chi connectivity index (χ4v) is 22.1. The summed E-state index contributed by atoms with van der Waals surface area (Å²) >= 11 is 15.0. The first kappa shape index (κ1) is 76.6. The Hall–Kier alpha value is -2.37. The number of hydrogen-bond acceptors (Lipinski definition) is 12. The molecule has 8 aromatic heterocycles. The Morgan fingerprint density at radius 3 is 1.34 bits per heavy atom. The van der Waals surface area contributed by atoms with E-state index >= 15 is 0 Å². The van der Waals surface area contributed by atoms with Gasteiger partial charge in [-0.3, -0.25) is 0 Å². The summed E-state index contributed by atoms with van der Waals surface area (Å²) in [7, 11) is -3.30. The van der Waals surface area contributed by atoms with Crippen LogP contribution in [0.4, 0.5) is 5.00 Å². The van der Waals surface area contributed by atoms with Gasteiger partial charge >= 0.3 is 0 Å². The molecule has 0 N–H and O–H groups in total. The number of aromatic nitrogens is 1. The summed E-state index contributed by atoms with van der Waals surface area (Å²) in [6.45, 7) is 67.0. The molecule has 3 aliphatic rings. The minimum Gasteiger partial charge on any atom is -0.246 e. The molecule has 10 heterocycles. The Morgan fingerprint density at radius 2 is 0.978 bits per heavy atom. The van der Waals surface area contributed by atoms with Gasteiger partial charge < -0.3 is 0 Å². The summed E-state index contributed by atoms with van der Waals surface area (Å²) in [4.78, 5) is 22.3. The third kappa shape index (κ3) is 19.9. The normalized spacial score (nSPS) is 16.4. The van der Waals surface area contributed by atoms with E-state index in [1.165, 1.54) is 98.1 Å². The van der Waals surface area contributed by atoms with E-state index in [1.807, 2.05) is 106 Å². The highest BCUT2D eigenvalue weighted by Gasteiger charge is 2.43. The van der Waals surface area contributed by atoms with E-state index in [1.54, 1.807) is 21.2 Å². The molecule has 14 heteroatoms. The molecule has 0 saturated carbocycles. The molecular weight excluding hydrogens is 1280 g/mol. The number of thiophene rings is 7. The molecule has 0 saturated heterocycles. The molecule has 0 radical (unpaired) electrons. The van der Waals surface area contributed by atoms with Gasteiger partial charge in [-0.25, -0.2) is 18.4 Å². The average Bonchev–Trinajstić information content (AvgIpc) is 1.61. The number of rotatable bonds is 6. The van der Waals surface area contributed by atoms with Crippen molar-refractivity contribution < 1.29 is 8.42 Å². The number of allylic oxidation sites excluding steroid dienone is 2. The van der Waals surface area contributed by atoms with E-state index in [0.717, 1.165) is 33.9 Å². The molecule has 1 atom stereocenters. The van der Waals surface area contributed by atoms with Crippen molar-refractivity contribution in [1.82, 2.24) is 9.29 Å². The number of hydrogen-bond donors (Lipinski definition) is 0. The third-order valence-electron chi connectivity index (χ3n) is 16.5. The van der Waals surface area contributed by atoms with Crippen LogP contribution in [-0.4, -0.2) is 29.0 Å². The van der Waals surface area contributed by atoms with Crippen LogP contribution in [0.2, 0.25) is 0 Å². The molecule has 0 aromatic carbocycles. The minimum absolute atomic E-state index is 0.0110. The summed E-state index contributed by atoms with van der Waals surface area (Å²) in [5.74, 6) is 5.27. The fraction of sp³-hybridized carbons (Fsp3) is 0.632. The van der Waals surface area contributed by atoms with E-state index in [-0.39, 0.29) is 32.6 Å². The summed E-state index contributed by atoms with van der Waals surface area (Å²) < 4.78 is 32.4. The molecule has 0 amide bonds. The predicted octanol–water partition coefficient (Wildman–Crippen LogP) is 27.5. The first-order chi connectivity index (χ1) is 41.1. The van der Waals surface area contributed by atoms with Crippen molar-refractivity contribution in [3.05, 3.63) is 104 Å². The highest BCUT2D eigenvalue weighted by atomic mass is 32.2. The van der Waals surface area contributed by atoms with Gasteiger partial charge in [-0.15, -0.1) is 90.7 Å². The molecule has 0 bridgehead atoms. The number of thiazole rings is 1. The van der Waals surface area contributed by atoms with Gasteiger partial charge in [0, 0.05) is 82.3 Å². The van der Waals surface area contributed by atoms with Crippen LogP contribution in [0.15, 0.2) is 64.0 Å². The molecule has 1 unspecified atom stereocenters. The van der Waals surface area contributed by atoms with Crippen molar-refractivity contribution in [1.29, 1.82) is 0 Å². The third-order valence-corrected chi connectivity index (χ3v) is 30.8. The predicted molar refractivity (Wildman–Crippen MR) is 415 cm³/mol. The van der Waals surface area contributed by atoms with Crippen LogP contribution in [0.1, 0.15) is 300 Å². The second-order valence-electron chi connectivity index (χ2n) is 33.2. The Morgan fingerprint density at radius 1 is 0.500 bits per heavy atom. The maximum atomic E-state index is 12.5. The summed E-state index contributed by atoms with van der Waals surface area (Å²) in [5, 5.41) is 3.94. The molecule has 0 spiro atoms. The van der Waals surface area contributed by atoms with E-state index < -0.39 is 10.0 Å². The van der Waals surface area contributed by atoms with E-state index in [9.17, 15) is 8.42 Å². The second kappa shape index (κ2) is 29.5. The van der Waals surface area contributed by atoms with Crippen LogP contribution in [0.5, 0.6) is 0 Å². The lowest BCUT2D eigenvalue weighted by atomic mass is 9.80. The molecule has 1 aliphatic carbocycles. The molecule has 11 rings (SSSR count). The minimum atomic E-state index is -3.30. The number of aliphatic imine (C=N–C) groups is 1. The Kier molecular flexibility index (Phi) is 25.2. The average molecular weight is 1390 g/mol. The number of fused-ring (bicyclic) bond motifs is 5. The lowest BCUT2D eigenvalue weighted by molar-refractivity contribution is 0.253. The zero-order valence-corrected chi connectivity index (χ0v) is 68.4. The van der Waals surface area contributed by atoms with E-state index in [4.69, 9.17) is 9.98 Å². The van der Waals surface area contributed by atoms with Crippen molar-refractivity contribution in [2.45, 2.75) is 296 Å². The van der Waals surface area contributed by atoms with Gasteiger partial charge in [0.1, 0.15) is 14.8 Å². The summed E-state index contributed by atoms with van der Waals surface area (Å²) in [5.41, 5.74) is 4.97. The van der Waals surface area contributed by atoms with Crippen molar-refractivity contribution in [3.63, 3.8) is 0 Å². The van der Waals surface area contributed by atoms with Crippen LogP contribution >= 0.6 is 90.7 Å². The summed E-state index contributed by atoms with van der Waals surface area (Å²) in [6.07, 6.45) is 7.62. The lowest BCUT2D eigenvalue weighted by Gasteiger charge is -2.30. The van der Waals surface area contributed by atoms with Crippen LogP contribution in [0.3, 0.4) is 0 Å². The molecule has 500 valence electrons. The molecule has 0 fully saturated rings. The first-order valence-corrected chi connectivity index (χ1v) is 41.1. The highest BCUT2D eigenvalue weighted by molar-refractivity contribution is 7.89. The molecule has 5 nitrogen and oxygen atoms in total. The lowest BCUT2D eigenvalue weighted by Crippen LogP contribution is -2.41. The maximum absolute atomic E-state index is 12.5. The van der Waals surface area contributed by atoms with Crippen molar-refractivity contribution in [2.75, 3.05) is 0 Å². The van der Waals surface area contributed by atoms with Gasteiger partial charge in [0.15, 0.2) is 0 Å². The van der Waals surface area contributed by atoms with Crippen molar-refractivity contribution in [2.24, 2.45) is 28.2 Å². The Balaban J connectivity index is 0.000000173. The van der Waals surface area contributed by atoms with Crippen LogP contribution in [0.25, 0.3) is 28.3 Å². The maximum Gasteiger partial charge on any atom is 0.245 e. The van der Waals surface area contributed by atoms with Gasteiger partial charge in [-0.05, 0) is 146 Å². The van der Waals surface area contributed by atoms with E-state index in [0.29, 0.717) is 35.1 Å². The van der Waals surface area contributed by atoms with Crippen molar-refractivity contribution >= 4 is 140 Å². The Bertz CT molecular complexity index is 3520. The Labute approximate surface area is 579 Å². The number of sulfonamides is 1. The van der Waals surface area contributed by atoms with E-state index in [2.05, 4.69) is 229 Å². The van der Waals surface area contributed by atoms with Gasteiger partial charge in [0.2, 0.25) is 10.0 Å².